The van der Waals surface area contributed by atoms with Crippen LogP contribution in [0, 0.1) is 25.1 Å². The van der Waals surface area contributed by atoms with E-state index in [1.54, 1.807) is 13.0 Å². The first kappa shape index (κ1) is 74.3. The fourth-order valence-electron chi connectivity index (χ4n) is 14.6. The van der Waals surface area contributed by atoms with Gasteiger partial charge in [0.1, 0.15) is 10.0 Å². The molecule has 0 amide bonds. The summed E-state index contributed by atoms with van der Waals surface area (Å²) >= 11 is 3.33. The quantitative estimate of drug-likeness (QED) is 0.0548. The monoisotopic (exact) mass is 1670 g/mol. The molecular weight excluding hydrogens is 1600 g/mol. The van der Waals surface area contributed by atoms with Crippen LogP contribution in [0.5, 0.6) is 0 Å². The van der Waals surface area contributed by atoms with Gasteiger partial charge in [0.05, 0.1) is 0 Å². The third-order valence-corrected chi connectivity index (χ3v) is 22.4. The number of hydrogen-bond donors (Lipinski definition) is 0. The summed E-state index contributed by atoms with van der Waals surface area (Å²) in [5.41, 5.74) is 21.7. The molecule has 0 unspecified atom stereocenters. The standard InChI is InChI=1S/C70H48BFN3S2.C20H14BFN.C11H8N.Ir/c1-48-63(51-23-8-2-9-24-51)65(53-27-12-4-13-28-53)69(76-48)74(58-31-16-6-17-32-58)60-42-44-61(45-43-60)75(59-33-18-7-19-34-59)70-66(54-29-14-5-15-30-54)64(52-25-10-3-11-26-52)68(77-70)71(72)57-40-38-49(39-41-57)56-46-55-37-36-50-22-20-21-35-62(50)67(55)73-47-56;1-21(22)18-10-8-14(9-11-18)17-12-16-7-6-15-4-2-3-5-19(15)20(16)23-13-17;1-2-6-10(7-3-1)11-8-4-5-9-12-11;/h2-34,36-47H,1H3;2-4,6-13H,1H3;1-6,8-9H;/q3*-1;+3. The molecule has 540 valence electrons. The van der Waals surface area contributed by atoms with Crippen LogP contribution in [0.4, 0.5) is 41.4 Å². The first-order valence-electron chi connectivity index (χ1n) is 37.3. The minimum absolute atomic E-state index is 0. The third kappa shape index (κ3) is 15.8. The molecule has 5 heterocycles. The van der Waals surface area contributed by atoms with Crippen molar-refractivity contribution in [1.82, 2.24) is 15.0 Å². The van der Waals surface area contributed by atoms with Crippen LogP contribution in [-0.4, -0.2) is 28.9 Å². The summed E-state index contributed by atoms with van der Waals surface area (Å²) in [5.74, 6) is 0. The van der Waals surface area contributed by atoms with Gasteiger partial charge in [0.15, 0.2) is 0 Å². The smallest absolute Gasteiger partial charge is 0.330 e. The Kier molecular flexibility index (Phi) is 22.5. The van der Waals surface area contributed by atoms with Crippen molar-refractivity contribution in [3.63, 3.8) is 0 Å². The average molecular weight is 1670 g/mol. The van der Waals surface area contributed by atoms with E-state index in [1.165, 1.54) is 32.9 Å². The second-order valence-corrected chi connectivity index (χ2v) is 29.5. The second kappa shape index (κ2) is 34.2. The number of para-hydroxylation sites is 2. The van der Waals surface area contributed by atoms with Gasteiger partial charge >= 0.3 is 34.1 Å². The number of anilines is 6. The summed E-state index contributed by atoms with van der Waals surface area (Å²) in [6.07, 6.45) is 5.57. The van der Waals surface area contributed by atoms with Crippen molar-refractivity contribution in [1.29, 1.82) is 0 Å². The van der Waals surface area contributed by atoms with Crippen molar-refractivity contribution in [2.24, 2.45) is 0 Å². The Labute approximate surface area is 680 Å². The van der Waals surface area contributed by atoms with Gasteiger partial charge in [0.2, 0.25) is 0 Å². The molecule has 0 aliphatic heterocycles. The van der Waals surface area contributed by atoms with Crippen molar-refractivity contribution >= 4 is 128 Å². The molecule has 0 radical (unpaired) electrons. The van der Waals surface area contributed by atoms with Crippen LogP contribution in [0.1, 0.15) is 4.88 Å². The number of rotatable bonds is 16. The van der Waals surface area contributed by atoms with E-state index in [0.29, 0.717) is 15.7 Å². The van der Waals surface area contributed by atoms with Gasteiger partial charge in [-0.1, -0.05) is 255 Å². The number of hydrogen-bond acceptors (Lipinski definition) is 7. The molecule has 0 atom stereocenters. The molecule has 0 aliphatic rings. The summed E-state index contributed by atoms with van der Waals surface area (Å²) in [4.78, 5) is 19.7. The van der Waals surface area contributed by atoms with Crippen LogP contribution in [-0.2, 0) is 20.1 Å². The number of nitrogens with zero attached hydrogens (tertiary/aromatic N) is 5. The summed E-state index contributed by atoms with van der Waals surface area (Å²) in [6.45, 7) is 1.40. The first-order valence-corrected chi connectivity index (χ1v) is 39.0. The zero-order valence-corrected chi connectivity index (χ0v) is 65.8. The molecular formula is C101H70B2F2IrN5S2. The largest absolute Gasteiger partial charge is 3.00 e. The minimum Gasteiger partial charge on any atom is -0.330 e. The van der Waals surface area contributed by atoms with Crippen molar-refractivity contribution in [2.45, 2.75) is 13.7 Å². The maximum Gasteiger partial charge on any atom is 3.00 e. The van der Waals surface area contributed by atoms with Gasteiger partial charge in [0.25, 0.3) is 0 Å². The zero-order valence-electron chi connectivity index (χ0n) is 61.7. The van der Waals surface area contributed by atoms with Crippen LogP contribution in [0.25, 0.3) is 121 Å². The number of aromatic nitrogens is 3. The van der Waals surface area contributed by atoms with E-state index in [0.717, 1.165) is 137 Å². The predicted molar refractivity (Wildman–Crippen MR) is 472 cm³/mol. The van der Waals surface area contributed by atoms with Crippen LogP contribution in [0.3, 0.4) is 0 Å². The molecule has 0 aliphatic carbocycles. The van der Waals surface area contributed by atoms with Gasteiger partial charge in [-0.15, -0.1) is 129 Å². The summed E-state index contributed by atoms with van der Waals surface area (Å²) in [7, 11) is 0. The molecule has 0 bridgehead atoms. The van der Waals surface area contributed by atoms with E-state index in [1.807, 2.05) is 169 Å². The molecule has 0 fully saturated rings. The number of halogens is 2. The molecule has 0 spiro atoms. The molecule has 14 aromatic carbocycles. The molecule has 12 heteroatoms. The molecule has 5 nitrogen and oxygen atoms in total. The zero-order chi connectivity index (χ0) is 75.7. The van der Waals surface area contributed by atoms with Crippen LogP contribution in [0.15, 0.2) is 389 Å². The molecule has 113 heavy (non-hydrogen) atoms. The van der Waals surface area contributed by atoms with Crippen molar-refractivity contribution < 1.29 is 28.7 Å². The van der Waals surface area contributed by atoms with E-state index >= 15 is 4.32 Å². The molecule has 5 aromatic heterocycles. The maximum atomic E-state index is 18.2. The van der Waals surface area contributed by atoms with Gasteiger partial charge in [-0.25, -0.2) is 0 Å². The minimum atomic E-state index is -1.44. The van der Waals surface area contributed by atoms with Crippen LogP contribution >= 0.6 is 22.7 Å². The SMILES string of the molecule is CB(F)c1ccc(-c2cnc3c(ccc4ccc[c-]c43)c2)cc1.Cc1sc(N(c2ccccc2)c2ccc(N(c3ccccc3)c3sc(B(F)c4ccc(-c5cnc6c(ccc7ccc[c-]c76)c5)cc4)c(-c4ccccc4)c3-c3ccccc3)cc2)c(-c2ccccc2)c1-c1ccccc1.[Ir+3].[c-]1ccccc1-c1ccccn1. The van der Waals surface area contributed by atoms with E-state index in [9.17, 15) is 4.32 Å². The van der Waals surface area contributed by atoms with Crippen molar-refractivity contribution in [2.75, 3.05) is 9.80 Å². The normalized spacial score (nSPS) is 10.9. The number of benzene rings is 14. The van der Waals surface area contributed by atoms with Crippen molar-refractivity contribution in [3.05, 3.63) is 412 Å². The van der Waals surface area contributed by atoms with Crippen LogP contribution in [0.2, 0.25) is 6.82 Å². The number of fused-ring (bicyclic) bond motifs is 6. The van der Waals surface area contributed by atoms with Gasteiger partial charge in [-0.05, 0) is 151 Å². The Hall–Kier alpha value is -12.8. The van der Waals surface area contributed by atoms with Gasteiger partial charge < -0.3 is 33.4 Å². The van der Waals surface area contributed by atoms with E-state index < -0.39 is 14.0 Å². The maximum absolute atomic E-state index is 18.2. The number of aryl methyl sites for hydroxylation is 1. The Morgan fingerprint density at radius 2 is 0.726 bits per heavy atom. The van der Waals surface area contributed by atoms with E-state index in [2.05, 4.69) is 269 Å². The fraction of sp³-hybridized carbons (Fsp3) is 0.0198. The average Bonchev–Trinajstić information content (AvgIpc) is 1.60. The third-order valence-electron chi connectivity index (χ3n) is 20.1. The molecule has 19 rings (SSSR count). The Balaban J connectivity index is 0.000000218. The van der Waals surface area contributed by atoms with Gasteiger partial charge in [-0.2, -0.15) is 0 Å². The van der Waals surface area contributed by atoms with E-state index in [-0.39, 0.29) is 20.1 Å². The molecule has 0 saturated carbocycles. The number of pyridine rings is 3. The van der Waals surface area contributed by atoms with Crippen molar-refractivity contribution in [3.8, 4) is 78.0 Å². The Morgan fingerprint density at radius 3 is 1.18 bits per heavy atom. The summed E-state index contributed by atoms with van der Waals surface area (Å²) < 4.78 is 32.2. The number of thiophene rings is 2. The molecule has 19 aromatic rings. The summed E-state index contributed by atoms with van der Waals surface area (Å²) in [5, 5.41) is 8.47. The molecule has 0 N–H and O–H groups in total. The van der Waals surface area contributed by atoms with Gasteiger partial charge in [0, 0.05) is 73.2 Å². The Bertz CT molecular complexity index is 6380. The van der Waals surface area contributed by atoms with E-state index in [4.69, 9.17) is 4.98 Å². The Morgan fingerprint density at radius 1 is 0.327 bits per heavy atom. The second-order valence-electron chi connectivity index (χ2n) is 27.3. The van der Waals surface area contributed by atoms with Gasteiger partial charge in [-0.3, -0.25) is 0 Å². The predicted octanol–water partition coefficient (Wildman–Crippen LogP) is 26.2. The van der Waals surface area contributed by atoms with Crippen LogP contribution < -0.4 is 25.5 Å². The fourth-order valence-corrected chi connectivity index (χ4v) is 17.3. The summed E-state index contributed by atoms with van der Waals surface area (Å²) in [6, 6.07) is 136. The molecule has 0 saturated heterocycles. The topological polar surface area (TPSA) is 45.2 Å². The first-order chi connectivity index (χ1) is 55.2.